The monoisotopic (exact) mass is 289 g/mol. The molecule has 0 aliphatic heterocycles. The Hall–Kier alpha value is -1.51. The molecule has 1 fully saturated rings. The maximum atomic E-state index is 11.9. The van der Waals surface area contributed by atoms with E-state index in [1.807, 2.05) is 7.05 Å². The Morgan fingerprint density at radius 3 is 2.33 bits per heavy atom. The van der Waals surface area contributed by atoms with Gasteiger partial charge in [0, 0.05) is 19.3 Å². The van der Waals surface area contributed by atoms with Crippen molar-refractivity contribution in [2.75, 3.05) is 18.5 Å². The minimum absolute atomic E-state index is 0.581. The van der Waals surface area contributed by atoms with Gasteiger partial charge in [-0.15, -0.1) is 0 Å². The second kappa shape index (κ2) is 6.50. The molecule has 0 amide bonds. The molecule has 1 saturated carbocycles. The van der Waals surface area contributed by atoms with Crippen molar-refractivity contribution in [1.29, 1.82) is 0 Å². The van der Waals surface area contributed by atoms with Crippen LogP contribution in [0.25, 0.3) is 0 Å². The molecule has 1 N–H and O–H groups in total. The maximum absolute atomic E-state index is 11.9. The second-order valence-electron chi connectivity index (χ2n) is 6.65. The van der Waals surface area contributed by atoms with Crippen molar-refractivity contribution in [1.82, 2.24) is 0 Å². The van der Waals surface area contributed by atoms with E-state index in [2.05, 4.69) is 36.9 Å². The van der Waals surface area contributed by atoms with Crippen molar-refractivity contribution in [3.8, 4) is 0 Å². The molecule has 21 heavy (non-hydrogen) atoms. The summed E-state index contributed by atoms with van der Waals surface area (Å²) in [5.41, 5.74) is 3.02. The Morgan fingerprint density at radius 2 is 1.81 bits per heavy atom. The molecular weight excluding hydrogens is 262 g/mol. The van der Waals surface area contributed by atoms with E-state index >= 15 is 0 Å². The van der Waals surface area contributed by atoms with Crippen LogP contribution in [0.15, 0.2) is 18.2 Å². The molecule has 1 aliphatic rings. The van der Waals surface area contributed by atoms with Crippen molar-refractivity contribution in [3.05, 3.63) is 29.3 Å². The number of hydrogen-bond acceptors (Lipinski definition) is 2. The van der Waals surface area contributed by atoms with Gasteiger partial charge in [0.15, 0.2) is 0 Å². The smallest absolute Gasteiger partial charge is 0.311 e. The Kier molecular flexibility index (Phi) is 4.92. The molecule has 0 saturated heterocycles. The molecule has 3 heteroatoms. The van der Waals surface area contributed by atoms with Gasteiger partial charge in [-0.05, 0) is 38.3 Å². The van der Waals surface area contributed by atoms with Gasteiger partial charge in [0.2, 0.25) is 0 Å². The van der Waals surface area contributed by atoms with Crippen LogP contribution in [0.5, 0.6) is 0 Å². The van der Waals surface area contributed by atoms with Gasteiger partial charge < -0.3 is 10.0 Å². The van der Waals surface area contributed by atoms with Crippen LogP contribution in [-0.2, 0) is 4.79 Å². The lowest BCUT2D eigenvalue weighted by Crippen LogP contribution is -2.42. The van der Waals surface area contributed by atoms with Crippen molar-refractivity contribution in [2.24, 2.45) is 5.41 Å². The number of rotatable bonds is 4. The van der Waals surface area contributed by atoms with Crippen LogP contribution >= 0.6 is 0 Å². The third kappa shape index (κ3) is 3.58. The number of aryl methyl sites for hydroxylation is 2. The number of hydrogen-bond donors (Lipinski definition) is 1. The lowest BCUT2D eigenvalue weighted by molar-refractivity contribution is -0.149. The topological polar surface area (TPSA) is 40.5 Å². The van der Waals surface area contributed by atoms with Gasteiger partial charge in [-0.3, -0.25) is 4.79 Å². The van der Waals surface area contributed by atoms with Crippen LogP contribution in [0.2, 0.25) is 0 Å². The molecule has 1 aromatic carbocycles. The van der Waals surface area contributed by atoms with Crippen LogP contribution in [0.1, 0.15) is 49.7 Å². The average molecular weight is 289 g/mol. The Balaban J connectivity index is 2.21. The number of benzene rings is 1. The summed E-state index contributed by atoms with van der Waals surface area (Å²) in [6, 6.07) is 6.36. The minimum Gasteiger partial charge on any atom is -0.481 e. The number of aliphatic carboxylic acids is 1. The average Bonchev–Trinajstić information content (AvgIpc) is 2.65. The van der Waals surface area contributed by atoms with E-state index in [4.69, 9.17) is 0 Å². The number of nitrogens with zero attached hydrogens (tertiary/aromatic N) is 1. The number of carboxylic acids is 1. The molecule has 1 aliphatic carbocycles. The van der Waals surface area contributed by atoms with Crippen molar-refractivity contribution >= 4 is 11.7 Å². The third-order valence-electron chi connectivity index (χ3n) is 4.82. The Bertz CT molecular complexity index is 502. The predicted molar refractivity (Wildman–Crippen MR) is 87.0 cm³/mol. The first-order valence-corrected chi connectivity index (χ1v) is 7.96. The fourth-order valence-electron chi connectivity index (χ4n) is 3.62. The van der Waals surface area contributed by atoms with E-state index in [9.17, 15) is 9.90 Å². The molecule has 0 radical (unpaired) electrons. The summed E-state index contributed by atoms with van der Waals surface area (Å²) in [5.74, 6) is -0.624. The normalized spacial score (nSPS) is 18.0. The highest BCUT2D eigenvalue weighted by Gasteiger charge is 2.39. The zero-order valence-electron chi connectivity index (χ0n) is 13.5. The Labute approximate surface area is 128 Å². The lowest BCUT2D eigenvalue weighted by Gasteiger charge is -2.34. The first-order valence-electron chi connectivity index (χ1n) is 7.96. The van der Waals surface area contributed by atoms with Crippen LogP contribution < -0.4 is 4.90 Å². The fourth-order valence-corrected chi connectivity index (χ4v) is 3.62. The first-order chi connectivity index (χ1) is 9.94. The van der Waals surface area contributed by atoms with Crippen LogP contribution in [0, 0.1) is 19.3 Å². The molecule has 0 heterocycles. The predicted octanol–water partition coefficient (Wildman–Crippen LogP) is 4.16. The van der Waals surface area contributed by atoms with Crippen LogP contribution in [0.3, 0.4) is 0 Å². The largest absolute Gasteiger partial charge is 0.481 e. The fraction of sp³-hybridized carbons (Fsp3) is 0.611. The van der Waals surface area contributed by atoms with Gasteiger partial charge in [-0.25, -0.2) is 0 Å². The van der Waals surface area contributed by atoms with E-state index in [1.54, 1.807) is 0 Å². The molecule has 2 rings (SSSR count). The van der Waals surface area contributed by atoms with Crippen molar-refractivity contribution in [3.63, 3.8) is 0 Å². The highest BCUT2D eigenvalue weighted by atomic mass is 16.4. The summed E-state index contributed by atoms with van der Waals surface area (Å²) in [6.07, 6.45) is 6.01. The van der Waals surface area contributed by atoms with Crippen molar-refractivity contribution in [2.45, 2.75) is 52.4 Å². The van der Waals surface area contributed by atoms with E-state index in [-0.39, 0.29) is 0 Å². The summed E-state index contributed by atoms with van der Waals surface area (Å²) >= 11 is 0. The molecule has 116 valence electrons. The van der Waals surface area contributed by atoms with E-state index in [0.29, 0.717) is 6.54 Å². The van der Waals surface area contributed by atoms with Gasteiger partial charge in [0.1, 0.15) is 0 Å². The van der Waals surface area contributed by atoms with Gasteiger partial charge in [0.05, 0.1) is 5.41 Å². The number of anilines is 1. The summed E-state index contributed by atoms with van der Waals surface area (Å²) in [5, 5.41) is 9.80. The molecule has 0 spiro atoms. The molecule has 1 aromatic rings. The zero-order valence-corrected chi connectivity index (χ0v) is 13.5. The summed E-state index contributed by atoms with van der Waals surface area (Å²) in [7, 11) is 2.02. The maximum Gasteiger partial charge on any atom is 0.311 e. The number of carbonyl (C=O) groups is 1. The van der Waals surface area contributed by atoms with Gasteiger partial charge in [0.25, 0.3) is 0 Å². The molecule has 0 atom stereocenters. The molecule has 0 aromatic heterocycles. The summed E-state index contributed by atoms with van der Waals surface area (Å²) in [6.45, 7) is 4.78. The van der Waals surface area contributed by atoms with Crippen LogP contribution in [-0.4, -0.2) is 24.7 Å². The molecular formula is C18H27NO2. The number of carboxylic acid groups (broad SMARTS) is 1. The SMILES string of the molecule is Cc1ccc(N(C)CC2(C(=O)O)CCCCCC2)c(C)c1. The second-order valence-corrected chi connectivity index (χ2v) is 6.65. The van der Waals surface area contributed by atoms with E-state index in [0.717, 1.165) is 31.4 Å². The molecule has 0 unspecified atom stereocenters. The quantitative estimate of drug-likeness (QED) is 0.846. The zero-order chi connectivity index (χ0) is 15.5. The lowest BCUT2D eigenvalue weighted by atomic mass is 9.79. The summed E-state index contributed by atoms with van der Waals surface area (Å²) < 4.78 is 0. The first kappa shape index (κ1) is 15.9. The molecule has 3 nitrogen and oxygen atoms in total. The van der Waals surface area contributed by atoms with Crippen LogP contribution in [0.4, 0.5) is 5.69 Å². The highest BCUT2D eigenvalue weighted by molar-refractivity contribution is 5.76. The third-order valence-corrected chi connectivity index (χ3v) is 4.82. The standard InChI is InChI=1S/C18H27NO2/c1-14-8-9-16(15(2)12-14)19(3)13-18(17(20)21)10-6-4-5-7-11-18/h8-9,12H,4-7,10-11,13H2,1-3H3,(H,20,21). The van der Waals surface area contributed by atoms with E-state index in [1.165, 1.54) is 24.0 Å². The molecule has 0 bridgehead atoms. The summed E-state index contributed by atoms with van der Waals surface area (Å²) in [4.78, 5) is 14.0. The van der Waals surface area contributed by atoms with Gasteiger partial charge in [-0.1, -0.05) is 43.4 Å². The van der Waals surface area contributed by atoms with Crippen molar-refractivity contribution < 1.29 is 9.90 Å². The minimum atomic E-state index is -0.624. The highest BCUT2D eigenvalue weighted by Crippen LogP contribution is 2.37. The van der Waals surface area contributed by atoms with Gasteiger partial charge in [-0.2, -0.15) is 0 Å². The van der Waals surface area contributed by atoms with Gasteiger partial charge >= 0.3 is 5.97 Å². The Morgan fingerprint density at radius 1 is 1.19 bits per heavy atom. The van der Waals surface area contributed by atoms with E-state index < -0.39 is 11.4 Å².